The van der Waals surface area contributed by atoms with Gasteiger partial charge in [0.1, 0.15) is 0 Å². The van der Waals surface area contributed by atoms with Crippen LogP contribution in [-0.2, 0) is 19.1 Å². The van der Waals surface area contributed by atoms with E-state index in [-0.39, 0.29) is 11.9 Å². The third-order valence-corrected chi connectivity index (χ3v) is 3.58. The molecule has 80 valence electrons. The number of carbonyl (C=O) groups excluding carboxylic acids is 2. The van der Waals surface area contributed by atoms with Crippen LogP contribution >= 0.6 is 0 Å². The Kier molecular flexibility index (Phi) is 1.56. The van der Waals surface area contributed by atoms with Gasteiger partial charge in [0.25, 0.3) is 0 Å². The van der Waals surface area contributed by atoms with E-state index in [1.165, 1.54) is 6.92 Å². The van der Waals surface area contributed by atoms with Gasteiger partial charge in [0.15, 0.2) is 6.10 Å². The topological polar surface area (TPSA) is 52.6 Å². The highest BCUT2D eigenvalue weighted by Crippen LogP contribution is 2.50. The van der Waals surface area contributed by atoms with Crippen LogP contribution in [-0.4, -0.2) is 23.6 Å². The Hall–Kier alpha value is -1.32. The molecule has 1 heterocycles. The Bertz CT molecular complexity index is 373. The second kappa shape index (κ2) is 2.62. The van der Waals surface area contributed by atoms with E-state index >= 15 is 0 Å². The van der Waals surface area contributed by atoms with Crippen LogP contribution < -0.4 is 0 Å². The number of allylic oxidation sites excluding steroid dienone is 1. The van der Waals surface area contributed by atoms with Crippen molar-refractivity contribution in [2.75, 3.05) is 0 Å². The first-order chi connectivity index (χ1) is 7.12. The minimum absolute atomic E-state index is 0.0199. The van der Waals surface area contributed by atoms with Crippen molar-refractivity contribution in [2.45, 2.75) is 31.5 Å². The second-order valence-electron chi connectivity index (χ2n) is 4.55. The van der Waals surface area contributed by atoms with Crippen molar-refractivity contribution in [1.29, 1.82) is 0 Å². The third kappa shape index (κ3) is 1.02. The molecule has 3 rings (SSSR count). The Labute approximate surface area is 87.2 Å². The minimum Gasteiger partial charge on any atom is -0.448 e. The highest BCUT2D eigenvalue weighted by molar-refractivity contribution is 5.91. The lowest BCUT2D eigenvalue weighted by molar-refractivity contribution is -0.213. The van der Waals surface area contributed by atoms with E-state index < -0.39 is 17.7 Å². The van der Waals surface area contributed by atoms with Crippen LogP contribution in [0.1, 0.15) is 19.8 Å². The van der Waals surface area contributed by atoms with Crippen LogP contribution in [0, 0.1) is 11.8 Å². The molecule has 4 atom stereocenters. The molecule has 0 aromatic heterocycles. The fraction of sp³-hybridized carbons (Fsp3) is 0.636. The van der Waals surface area contributed by atoms with E-state index in [0.29, 0.717) is 12.3 Å². The zero-order valence-corrected chi connectivity index (χ0v) is 8.43. The predicted octanol–water partition coefficient (Wildman–Crippen LogP) is 0.810. The van der Waals surface area contributed by atoms with Gasteiger partial charge in [-0.25, -0.2) is 9.59 Å². The highest BCUT2D eigenvalue weighted by Gasteiger charge is 2.60. The number of cyclic esters (lactones) is 1. The highest BCUT2D eigenvalue weighted by atomic mass is 16.7. The molecule has 0 N–H and O–H groups in total. The van der Waals surface area contributed by atoms with Crippen molar-refractivity contribution in [1.82, 2.24) is 0 Å². The summed E-state index contributed by atoms with van der Waals surface area (Å²) >= 11 is 0. The molecule has 3 aliphatic rings. The standard InChI is InChI=1S/C11H12O4/c1-6-9(12)15-11(10(13)14-6)5-7-2-3-8(11)4-7/h2-3,6-8H,4-5H2,1H3/t6-,7?,8?,11?/m0/s1. The summed E-state index contributed by atoms with van der Waals surface area (Å²) in [5.74, 6) is -0.405. The summed E-state index contributed by atoms with van der Waals surface area (Å²) in [4.78, 5) is 23.3. The van der Waals surface area contributed by atoms with Crippen LogP contribution in [0.4, 0.5) is 0 Å². The van der Waals surface area contributed by atoms with E-state index in [0.717, 1.165) is 6.42 Å². The number of hydrogen-bond donors (Lipinski definition) is 0. The molecule has 1 spiro atoms. The average Bonchev–Trinajstić information content (AvgIpc) is 2.75. The van der Waals surface area contributed by atoms with Gasteiger partial charge in [0.05, 0.1) is 0 Å². The van der Waals surface area contributed by atoms with Crippen LogP contribution in [0.25, 0.3) is 0 Å². The number of rotatable bonds is 0. The van der Waals surface area contributed by atoms with Crippen LogP contribution in [0.2, 0.25) is 0 Å². The molecular formula is C11H12O4. The normalized spacial score (nSPS) is 47.1. The molecule has 1 saturated heterocycles. The zero-order chi connectivity index (χ0) is 10.6. The molecule has 4 heteroatoms. The fourth-order valence-corrected chi connectivity index (χ4v) is 2.78. The van der Waals surface area contributed by atoms with Gasteiger partial charge >= 0.3 is 11.9 Å². The lowest BCUT2D eigenvalue weighted by atomic mass is 9.87. The number of hydrogen-bond acceptors (Lipinski definition) is 4. The molecule has 2 bridgehead atoms. The largest absolute Gasteiger partial charge is 0.448 e. The first-order valence-corrected chi connectivity index (χ1v) is 5.24. The van der Waals surface area contributed by atoms with E-state index in [2.05, 4.69) is 6.08 Å². The van der Waals surface area contributed by atoms with E-state index in [1.54, 1.807) is 0 Å². The smallest absolute Gasteiger partial charge is 0.352 e. The van der Waals surface area contributed by atoms with Crippen molar-refractivity contribution in [3.05, 3.63) is 12.2 Å². The SMILES string of the molecule is C[C@@H]1OC(=O)C2(CC3C=CC2C3)OC1=O. The molecule has 4 nitrogen and oxygen atoms in total. The Balaban J connectivity index is 1.96. The minimum atomic E-state index is -0.997. The van der Waals surface area contributed by atoms with Crippen LogP contribution in [0.3, 0.4) is 0 Å². The second-order valence-corrected chi connectivity index (χ2v) is 4.55. The summed E-state index contributed by atoms with van der Waals surface area (Å²) in [5.41, 5.74) is -0.997. The number of ether oxygens (including phenoxy) is 2. The summed E-state index contributed by atoms with van der Waals surface area (Å²) < 4.78 is 10.4. The Morgan fingerprint density at radius 1 is 1.40 bits per heavy atom. The van der Waals surface area contributed by atoms with E-state index in [1.807, 2.05) is 6.08 Å². The molecular weight excluding hydrogens is 196 g/mol. The van der Waals surface area contributed by atoms with Crippen molar-refractivity contribution in [3.63, 3.8) is 0 Å². The number of esters is 2. The molecule has 0 aromatic rings. The summed E-state index contributed by atoms with van der Waals surface area (Å²) in [7, 11) is 0. The number of fused-ring (bicyclic) bond motifs is 3. The maximum Gasteiger partial charge on any atom is 0.352 e. The van der Waals surface area contributed by atoms with Gasteiger partial charge in [-0.1, -0.05) is 12.2 Å². The first kappa shape index (κ1) is 8.95. The Morgan fingerprint density at radius 3 is 2.80 bits per heavy atom. The Morgan fingerprint density at radius 2 is 2.20 bits per heavy atom. The van der Waals surface area contributed by atoms with Gasteiger partial charge in [-0.2, -0.15) is 0 Å². The number of carbonyl (C=O) groups is 2. The monoisotopic (exact) mass is 208 g/mol. The van der Waals surface area contributed by atoms with Gasteiger partial charge < -0.3 is 9.47 Å². The first-order valence-electron chi connectivity index (χ1n) is 5.24. The summed E-state index contributed by atoms with van der Waals surface area (Å²) in [6.07, 6.45) is 4.79. The molecule has 0 amide bonds. The maximum atomic E-state index is 11.8. The molecule has 0 radical (unpaired) electrons. The quantitative estimate of drug-likeness (QED) is 0.436. The average molecular weight is 208 g/mol. The lowest BCUT2D eigenvalue weighted by Gasteiger charge is -2.37. The van der Waals surface area contributed by atoms with Gasteiger partial charge in [0, 0.05) is 12.3 Å². The van der Waals surface area contributed by atoms with Gasteiger partial charge in [-0.05, 0) is 19.3 Å². The lowest BCUT2D eigenvalue weighted by Crippen LogP contribution is -2.55. The van der Waals surface area contributed by atoms with Crippen molar-refractivity contribution >= 4 is 11.9 Å². The molecule has 1 saturated carbocycles. The van der Waals surface area contributed by atoms with Gasteiger partial charge in [0.2, 0.25) is 5.60 Å². The van der Waals surface area contributed by atoms with Crippen molar-refractivity contribution < 1.29 is 19.1 Å². The molecule has 2 fully saturated rings. The van der Waals surface area contributed by atoms with Gasteiger partial charge in [-0.3, -0.25) is 0 Å². The molecule has 2 aliphatic carbocycles. The van der Waals surface area contributed by atoms with E-state index in [4.69, 9.17) is 9.47 Å². The third-order valence-electron chi connectivity index (χ3n) is 3.58. The zero-order valence-electron chi connectivity index (χ0n) is 8.43. The predicted molar refractivity (Wildman–Crippen MR) is 49.7 cm³/mol. The maximum absolute atomic E-state index is 11.8. The molecule has 15 heavy (non-hydrogen) atoms. The summed E-state index contributed by atoms with van der Waals surface area (Å²) in [6.45, 7) is 1.54. The van der Waals surface area contributed by atoms with Crippen molar-refractivity contribution in [2.24, 2.45) is 11.8 Å². The van der Waals surface area contributed by atoms with Gasteiger partial charge in [-0.15, -0.1) is 0 Å². The molecule has 1 aliphatic heterocycles. The van der Waals surface area contributed by atoms with Crippen molar-refractivity contribution in [3.8, 4) is 0 Å². The summed E-state index contributed by atoms with van der Waals surface area (Å²) in [6, 6.07) is 0. The molecule has 3 unspecified atom stereocenters. The molecule has 0 aromatic carbocycles. The fourth-order valence-electron chi connectivity index (χ4n) is 2.78. The van der Waals surface area contributed by atoms with Crippen LogP contribution in [0.5, 0.6) is 0 Å². The summed E-state index contributed by atoms with van der Waals surface area (Å²) in [5, 5.41) is 0. The van der Waals surface area contributed by atoms with E-state index in [9.17, 15) is 9.59 Å². The van der Waals surface area contributed by atoms with Crippen LogP contribution in [0.15, 0.2) is 12.2 Å².